The Morgan fingerprint density at radius 2 is 1.44 bits per heavy atom. The average Bonchev–Trinajstić information content (AvgIpc) is 3.91. The number of hydrogen-bond donors (Lipinski definition) is 2. The molecule has 1 aromatic carbocycles. The van der Waals surface area contributed by atoms with Gasteiger partial charge in [-0.05, 0) is 116 Å². The number of aromatic nitrogens is 4. The first kappa shape index (κ1) is 43.8. The van der Waals surface area contributed by atoms with Crippen LogP contribution in [-0.4, -0.2) is 56.0 Å². The fourth-order valence-electron chi connectivity index (χ4n) is 8.97. The number of aromatic amines is 2. The molecule has 10 nitrogen and oxygen atoms in total. The number of aldehydes is 1. The van der Waals surface area contributed by atoms with Crippen LogP contribution < -0.4 is 0 Å². The molecule has 0 saturated heterocycles. The van der Waals surface area contributed by atoms with Crippen LogP contribution in [0.2, 0.25) is 0 Å². The van der Waals surface area contributed by atoms with E-state index in [1.165, 1.54) is 13.2 Å². The molecule has 2 aromatic heterocycles. The van der Waals surface area contributed by atoms with Crippen molar-refractivity contribution < 1.29 is 50.3 Å². The van der Waals surface area contributed by atoms with Gasteiger partial charge in [-0.25, -0.2) is 9.97 Å². The number of nitrogens with zero attached hydrogens (tertiary/aromatic N) is 3. The summed E-state index contributed by atoms with van der Waals surface area (Å²) in [4.78, 5) is 71.7. The van der Waals surface area contributed by atoms with Crippen LogP contribution in [0, 0.1) is 6.92 Å². The van der Waals surface area contributed by atoms with Crippen molar-refractivity contribution in [1.29, 1.82) is 0 Å². The highest BCUT2D eigenvalue weighted by atomic mass is 19.4. The number of hydrogen-bond acceptors (Lipinski definition) is 7. The maximum absolute atomic E-state index is 15.1. The molecule has 0 radical (unpaired) electrons. The van der Waals surface area contributed by atoms with Gasteiger partial charge >= 0.3 is 18.3 Å². The number of allylic oxidation sites excluding steroid dienone is 5. The first-order chi connectivity index (χ1) is 29.2. The van der Waals surface area contributed by atoms with Crippen LogP contribution in [0.4, 0.5) is 26.3 Å². The number of carbonyl (C=O) groups excluding carboxylic acids is 4. The normalized spacial score (nSPS) is 17.4. The van der Waals surface area contributed by atoms with E-state index >= 15 is 4.79 Å². The van der Waals surface area contributed by atoms with Crippen LogP contribution in [0.5, 0.6) is 0 Å². The zero-order chi connectivity index (χ0) is 45.2. The Kier molecular flexibility index (Phi) is 11.4. The molecule has 2 atom stereocenters. The molecule has 4 aliphatic heterocycles. The molecule has 324 valence electrons. The zero-order valence-electron chi connectivity index (χ0n) is 35.0. The minimum atomic E-state index is -5.18. The molecule has 6 heterocycles. The maximum atomic E-state index is 15.1. The number of esters is 1. The van der Waals surface area contributed by atoms with Crippen molar-refractivity contribution in [2.45, 2.75) is 98.0 Å². The third-order valence-corrected chi connectivity index (χ3v) is 12.2. The average molecular weight is 860 g/mol. The lowest BCUT2D eigenvalue weighted by molar-refractivity contribution is -0.143. The summed E-state index contributed by atoms with van der Waals surface area (Å²) in [6.07, 6.45) is -5.67. The first-order valence-electron chi connectivity index (χ1n) is 20.1. The Morgan fingerprint density at radius 3 is 2.03 bits per heavy atom. The number of rotatable bonds is 9. The first-order valence-corrected chi connectivity index (χ1v) is 20.1. The molecular formula is C46H43F6N5O5. The van der Waals surface area contributed by atoms with Crippen molar-refractivity contribution in [3.05, 3.63) is 110 Å². The standard InChI is InChI=1S/C46H43F6N5O5/c1-8-28-21(3)32-18-35-29(9-2)22(4)39(55-35)31(11-10-14-58)40-23(5)30(12-13-36(59)62-7)41(56-40)38-42-37(24(6)33(54-42)19-34(28)53-32)43(60)57(44(38)61)20-25-15-26(45(47,48)49)17-27(16-25)46(50,51)52/h10-11,14-19,23,30,54,56H,8-9,12-13,20H2,1-7H3/t23-,30-/m0/s1. The molecule has 0 saturated carbocycles. The van der Waals surface area contributed by atoms with E-state index in [-0.39, 0.29) is 41.2 Å². The van der Waals surface area contributed by atoms with Crippen LogP contribution >= 0.6 is 0 Å². The van der Waals surface area contributed by atoms with Gasteiger partial charge in [-0.2, -0.15) is 26.3 Å². The lowest BCUT2D eigenvalue weighted by Gasteiger charge is -2.28. The molecule has 62 heavy (non-hydrogen) atoms. The number of H-pyrrole nitrogens is 2. The second-order valence-electron chi connectivity index (χ2n) is 15.7. The number of nitrogens with one attached hydrogen (secondary N) is 2. The summed E-state index contributed by atoms with van der Waals surface area (Å²) in [5, 5.41) is 0. The maximum Gasteiger partial charge on any atom is 0.416 e. The van der Waals surface area contributed by atoms with Gasteiger partial charge < -0.3 is 14.7 Å². The van der Waals surface area contributed by atoms with Gasteiger partial charge in [-0.15, -0.1) is 0 Å². The molecule has 0 aliphatic carbocycles. The molecular weight excluding hydrogens is 817 g/mol. The van der Waals surface area contributed by atoms with Gasteiger partial charge in [0.2, 0.25) is 0 Å². The molecule has 4 aliphatic rings. The van der Waals surface area contributed by atoms with Gasteiger partial charge in [0.05, 0.1) is 64.2 Å². The quantitative estimate of drug-likeness (QED) is 0.0718. The van der Waals surface area contributed by atoms with Gasteiger partial charge in [0.1, 0.15) is 6.29 Å². The van der Waals surface area contributed by atoms with Crippen molar-refractivity contribution >= 4 is 63.5 Å². The van der Waals surface area contributed by atoms with Gasteiger partial charge in [0, 0.05) is 40.7 Å². The fourth-order valence-corrected chi connectivity index (χ4v) is 8.97. The third kappa shape index (κ3) is 7.53. The van der Waals surface area contributed by atoms with Gasteiger partial charge in [-0.1, -0.05) is 20.8 Å². The van der Waals surface area contributed by atoms with Gasteiger partial charge in [0.15, 0.2) is 0 Å². The number of benzene rings is 1. The molecule has 0 fully saturated rings. The molecule has 3 aromatic rings. The smallest absolute Gasteiger partial charge is 0.416 e. The molecule has 8 bridgehead atoms. The van der Waals surface area contributed by atoms with E-state index in [0.29, 0.717) is 81.3 Å². The predicted octanol–water partition coefficient (Wildman–Crippen LogP) is 10.9. The van der Waals surface area contributed by atoms with Gasteiger partial charge in [0.25, 0.3) is 11.8 Å². The predicted molar refractivity (Wildman–Crippen MR) is 221 cm³/mol. The minimum absolute atomic E-state index is 0.0204. The van der Waals surface area contributed by atoms with Crippen molar-refractivity contribution in [3.8, 4) is 0 Å². The highest BCUT2D eigenvalue weighted by Crippen LogP contribution is 2.47. The number of halogens is 6. The molecule has 2 amide bonds. The van der Waals surface area contributed by atoms with Crippen molar-refractivity contribution in [2.24, 2.45) is 0 Å². The number of methoxy groups -OCH3 is 1. The Morgan fingerprint density at radius 1 is 0.823 bits per heavy atom. The number of fused-ring (bicyclic) bond motifs is 8. The number of imide groups is 1. The summed E-state index contributed by atoms with van der Waals surface area (Å²) in [7, 11) is 1.23. The van der Waals surface area contributed by atoms with Crippen LogP contribution in [0.25, 0.3) is 39.4 Å². The summed E-state index contributed by atoms with van der Waals surface area (Å²) in [6, 6.07) is 4.62. The van der Waals surface area contributed by atoms with E-state index in [1.807, 2.05) is 40.7 Å². The summed E-state index contributed by atoms with van der Waals surface area (Å²) in [6.45, 7) is 10.4. The van der Waals surface area contributed by atoms with Crippen LogP contribution in [0.3, 0.4) is 0 Å². The Bertz CT molecular complexity index is 2720. The largest absolute Gasteiger partial charge is 0.469 e. The topological polar surface area (TPSA) is 138 Å². The lowest BCUT2D eigenvalue weighted by Crippen LogP contribution is -2.40. The Labute approximate surface area is 352 Å². The summed E-state index contributed by atoms with van der Waals surface area (Å²) >= 11 is 0. The highest BCUT2D eigenvalue weighted by molar-refractivity contribution is 6.23. The van der Waals surface area contributed by atoms with Crippen LogP contribution in [-0.2, 0) is 33.2 Å². The van der Waals surface area contributed by atoms with E-state index in [9.17, 15) is 40.7 Å². The van der Waals surface area contributed by atoms with E-state index in [1.54, 1.807) is 19.1 Å². The van der Waals surface area contributed by atoms with Crippen LogP contribution in [0.15, 0.2) is 36.4 Å². The Balaban J connectivity index is 1.63. The summed E-state index contributed by atoms with van der Waals surface area (Å²) < 4.78 is 89.1. The van der Waals surface area contributed by atoms with E-state index in [0.717, 1.165) is 22.3 Å². The van der Waals surface area contributed by atoms with E-state index in [4.69, 9.17) is 14.7 Å². The SMILES string of the molecule is CCC1=C(C)c2cc3nc(c(C=CC=O)c4[nH]c(c5c6[nH]c(cc1n2)c(C)c6C(=O)N(Cc1cc(C(F)(F)F)cc(C(F)(F)F)c1)C5=O)[C@@H](CCC(=O)OC)[C@@H]4C)C(C)=C3CC. The second kappa shape index (κ2) is 16.2. The zero-order valence-corrected chi connectivity index (χ0v) is 35.0. The second-order valence-corrected chi connectivity index (χ2v) is 15.7. The summed E-state index contributed by atoms with van der Waals surface area (Å²) in [5.74, 6) is -3.69. The van der Waals surface area contributed by atoms with E-state index in [2.05, 4.69) is 9.97 Å². The van der Waals surface area contributed by atoms with Crippen molar-refractivity contribution in [2.75, 3.05) is 7.11 Å². The number of amides is 2. The number of carbonyl (C=O) groups is 4. The number of alkyl halides is 6. The third-order valence-electron chi connectivity index (χ3n) is 12.2. The minimum Gasteiger partial charge on any atom is -0.469 e. The van der Waals surface area contributed by atoms with Crippen molar-refractivity contribution in [1.82, 2.24) is 24.8 Å². The molecule has 7 rings (SSSR count). The van der Waals surface area contributed by atoms with E-state index < -0.39 is 65.2 Å². The summed E-state index contributed by atoms with van der Waals surface area (Å²) in [5.41, 5.74) is 4.14. The molecule has 0 unspecified atom stereocenters. The molecule has 0 spiro atoms. The number of aryl methyl sites for hydroxylation is 1. The molecule has 16 heteroatoms. The monoisotopic (exact) mass is 859 g/mol. The van der Waals surface area contributed by atoms with Crippen LogP contribution in [0.1, 0.15) is 155 Å². The number of ether oxygens (including phenoxy) is 1. The Hall–Kier alpha value is -6.32. The lowest BCUT2D eigenvalue weighted by atomic mass is 9.83. The fraction of sp³-hybridized carbons (Fsp3) is 0.348. The molecule has 2 N–H and O–H groups in total. The van der Waals surface area contributed by atoms with Gasteiger partial charge in [-0.3, -0.25) is 24.1 Å². The van der Waals surface area contributed by atoms with Crippen molar-refractivity contribution in [3.63, 3.8) is 0 Å². The highest BCUT2D eigenvalue weighted by Gasteiger charge is 2.43.